The Morgan fingerprint density at radius 3 is 2.76 bits per heavy atom. The zero-order valence-electron chi connectivity index (χ0n) is 10.7. The zero-order chi connectivity index (χ0) is 12.1. The summed E-state index contributed by atoms with van der Waals surface area (Å²) in [5, 5.41) is 10.2. The van der Waals surface area contributed by atoms with E-state index in [9.17, 15) is 5.11 Å². The lowest BCUT2D eigenvalue weighted by Gasteiger charge is -2.29. The highest BCUT2D eigenvalue weighted by Gasteiger charge is 2.20. The number of aliphatic hydroxyl groups is 1. The number of hydrogen-bond acceptors (Lipinski definition) is 2. The Balaban J connectivity index is 1.95. The fourth-order valence-electron chi connectivity index (χ4n) is 2.61. The highest BCUT2D eigenvalue weighted by Crippen LogP contribution is 2.20. The van der Waals surface area contributed by atoms with Crippen molar-refractivity contribution >= 4 is 0 Å². The first-order valence-electron chi connectivity index (χ1n) is 6.74. The molecule has 1 aromatic carbocycles. The summed E-state index contributed by atoms with van der Waals surface area (Å²) < 4.78 is 0. The van der Waals surface area contributed by atoms with E-state index < -0.39 is 0 Å². The van der Waals surface area contributed by atoms with Crippen LogP contribution < -0.4 is 0 Å². The van der Waals surface area contributed by atoms with Crippen LogP contribution in [0.4, 0.5) is 0 Å². The third-order valence-corrected chi connectivity index (χ3v) is 3.78. The molecular weight excluding hydrogens is 210 g/mol. The van der Waals surface area contributed by atoms with Crippen LogP contribution in [0.3, 0.4) is 0 Å². The van der Waals surface area contributed by atoms with E-state index in [2.05, 4.69) is 11.8 Å². The number of nitrogens with zero attached hydrogens (tertiary/aromatic N) is 1. The minimum absolute atomic E-state index is 0.350. The Hall–Kier alpha value is -0.860. The van der Waals surface area contributed by atoms with E-state index in [0.717, 1.165) is 18.7 Å². The Kier molecular flexibility index (Phi) is 4.57. The standard InChI is InChI=1S/C15H23NO/c1-13-8-4-3-7-11-16(13)12-15(17)14-9-5-2-6-10-14/h2,5-6,9-10,13,15,17H,3-4,7-8,11-12H2,1H3. The Morgan fingerprint density at radius 2 is 2.00 bits per heavy atom. The molecule has 2 atom stereocenters. The normalized spacial score (nSPS) is 24.2. The summed E-state index contributed by atoms with van der Waals surface area (Å²) >= 11 is 0. The lowest BCUT2D eigenvalue weighted by atomic mass is 10.1. The highest BCUT2D eigenvalue weighted by molar-refractivity contribution is 5.17. The van der Waals surface area contributed by atoms with Gasteiger partial charge in [0, 0.05) is 12.6 Å². The van der Waals surface area contributed by atoms with Gasteiger partial charge in [0.2, 0.25) is 0 Å². The monoisotopic (exact) mass is 233 g/mol. The number of β-amino-alcohol motifs (C(OH)–C–C–N with tert-alkyl or cyclic N) is 1. The summed E-state index contributed by atoms with van der Waals surface area (Å²) in [5.41, 5.74) is 1.03. The fourth-order valence-corrected chi connectivity index (χ4v) is 2.61. The molecule has 1 aliphatic rings. The van der Waals surface area contributed by atoms with Crippen LogP contribution in [0, 0.1) is 0 Å². The van der Waals surface area contributed by atoms with Gasteiger partial charge in [-0.2, -0.15) is 0 Å². The topological polar surface area (TPSA) is 23.5 Å². The summed E-state index contributed by atoms with van der Waals surface area (Å²) in [7, 11) is 0. The van der Waals surface area contributed by atoms with Gasteiger partial charge >= 0.3 is 0 Å². The molecule has 2 nitrogen and oxygen atoms in total. The summed E-state index contributed by atoms with van der Waals surface area (Å²) in [6.45, 7) is 4.18. The zero-order valence-corrected chi connectivity index (χ0v) is 10.7. The van der Waals surface area contributed by atoms with Gasteiger partial charge in [0.1, 0.15) is 0 Å². The Bertz CT molecular complexity index is 325. The molecule has 0 radical (unpaired) electrons. The summed E-state index contributed by atoms with van der Waals surface area (Å²) in [5.74, 6) is 0. The number of hydrogen-bond donors (Lipinski definition) is 1. The second kappa shape index (κ2) is 6.18. The van der Waals surface area contributed by atoms with Crippen molar-refractivity contribution in [2.75, 3.05) is 13.1 Å². The van der Waals surface area contributed by atoms with E-state index in [4.69, 9.17) is 0 Å². The quantitative estimate of drug-likeness (QED) is 0.867. The molecule has 1 aromatic rings. The van der Waals surface area contributed by atoms with E-state index in [-0.39, 0.29) is 6.10 Å². The van der Waals surface area contributed by atoms with Gasteiger partial charge in [0.15, 0.2) is 0 Å². The average Bonchev–Trinajstić information content (AvgIpc) is 2.56. The maximum atomic E-state index is 10.2. The van der Waals surface area contributed by atoms with Crippen molar-refractivity contribution < 1.29 is 5.11 Å². The molecule has 1 heterocycles. The van der Waals surface area contributed by atoms with Gasteiger partial charge < -0.3 is 5.11 Å². The third kappa shape index (κ3) is 3.55. The van der Waals surface area contributed by atoms with Gasteiger partial charge in [-0.25, -0.2) is 0 Å². The molecule has 17 heavy (non-hydrogen) atoms. The van der Waals surface area contributed by atoms with Gasteiger partial charge in [-0.1, -0.05) is 43.2 Å². The van der Waals surface area contributed by atoms with Crippen LogP contribution in [0.25, 0.3) is 0 Å². The number of likely N-dealkylation sites (tertiary alicyclic amines) is 1. The van der Waals surface area contributed by atoms with Crippen LogP contribution in [-0.4, -0.2) is 29.1 Å². The summed E-state index contributed by atoms with van der Waals surface area (Å²) in [6, 6.07) is 10.6. The van der Waals surface area contributed by atoms with Crippen LogP contribution in [0.1, 0.15) is 44.3 Å². The molecule has 0 saturated carbocycles. The molecule has 0 aliphatic carbocycles. The van der Waals surface area contributed by atoms with Crippen molar-refractivity contribution in [2.45, 2.75) is 44.8 Å². The van der Waals surface area contributed by atoms with E-state index in [0.29, 0.717) is 6.04 Å². The molecule has 0 bridgehead atoms. The summed E-state index contributed by atoms with van der Waals surface area (Å²) in [4.78, 5) is 2.44. The minimum atomic E-state index is -0.350. The van der Waals surface area contributed by atoms with E-state index in [1.807, 2.05) is 30.3 Å². The lowest BCUT2D eigenvalue weighted by Crippen LogP contribution is -2.36. The fraction of sp³-hybridized carbons (Fsp3) is 0.600. The second-order valence-electron chi connectivity index (χ2n) is 5.12. The molecular formula is C15H23NO. The van der Waals surface area contributed by atoms with Crippen LogP contribution >= 0.6 is 0 Å². The maximum absolute atomic E-state index is 10.2. The van der Waals surface area contributed by atoms with Crippen molar-refractivity contribution in [3.05, 3.63) is 35.9 Å². The lowest BCUT2D eigenvalue weighted by molar-refractivity contribution is 0.0929. The SMILES string of the molecule is CC1CCCCCN1CC(O)c1ccccc1. The van der Waals surface area contributed by atoms with E-state index in [1.165, 1.54) is 25.7 Å². The molecule has 1 fully saturated rings. The molecule has 2 unspecified atom stereocenters. The molecule has 2 heteroatoms. The van der Waals surface area contributed by atoms with Crippen LogP contribution in [0.2, 0.25) is 0 Å². The number of rotatable bonds is 3. The third-order valence-electron chi connectivity index (χ3n) is 3.78. The molecule has 1 N–H and O–H groups in total. The Labute approximate surface area is 104 Å². The highest BCUT2D eigenvalue weighted by atomic mass is 16.3. The smallest absolute Gasteiger partial charge is 0.0917 e. The summed E-state index contributed by atoms with van der Waals surface area (Å²) in [6.07, 6.45) is 4.85. The van der Waals surface area contributed by atoms with Gasteiger partial charge in [-0.15, -0.1) is 0 Å². The maximum Gasteiger partial charge on any atom is 0.0917 e. The predicted molar refractivity (Wildman–Crippen MR) is 70.9 cm³/mol. The van der Waals surface area contributed by atoms with Gasteiger partial charge in [-0.05, 0) is 31.9 Å². The van der Waals surface area contributed by atoms with Gasteiger partial charge in [0.25, 0.3) is 0 Å². The van der Waals surface area contributed by atoms with Crippen molar-refractivity contribution in [3.63, 3.8) is 0 Å². The molecule has 0 amide bonds. The molecule has 1 aliphatic heterocycles. The van der Waals surface area contributed by atoms with Crippen molar-refractivity contribution in [3.8, 4) is 0 Å². The van der Waals surface area contributed by atoms with Crippen LogP contribution in [-0.2, 0) is 0 Å². The average molecular weight is 233 g/mol. The first-order valence-corrected chi connectivity index (χ1v) is 6.74. The molecule has 2 rings (SSSR count). The molecule has 0 aromatic heterocycles. The number of aliphatic hydroxyl groups excluding tert-OH is 1. The number of benzene rings is 1. The molecule has 94 valence electrons. The predicted octanol–water partition coefficient (Wildman–Crippen LogP) is 2.98. The van der Waals surface area contributed by atoms with E-state index >= 15 is 0 Å². The van der Waals surface area contributed by atoms with Crippen LogP contribution in [0.5, 0.6) is 0 Å². The molecule has 1 saturated heterocycles. The van der Waals surface area contributed by atoms with Crippen LogP contribution in [0.15, 0.2) is 30.3 Å². The second-order valence-corrected chi connectivity index (χ2v) is 5.12. The molecule has 0 spiro atoms. The van der Waals surface area contributed by atoms with Crippen molar-refractivity contribution in [1.82, 2.24) is 4.90 Å². The van der Waals surface area contributed by atoms with E-state index in [1.54, 1.807) is 0 Å². The van der Waals surface area contributed by atoms with Gasteiger partial charge in [0.05, 0.1) is 6.10 Å². The Morgan fingerprint density at radius 1 is 1.24 bits per heavy atom. The van der Waals surface area contributed by atoms with Crippen molar-refractivity contribution in [2.24, 2.45) is 0 Å². The first kappa shape index (κ1) is 12.6. The first-order chi connectivity index (χ1) is 8.27. The minimum Gasteiger partial charge on any atom is -0.387 e. The largest absolute Gasteiger partial charge is 0.387 e. The van der Waals surface area contributed by atoms with Gasteiger partial charge in [-0.3, -0.25) is 4.90 Å². The van der Waals surface area contributed by atoms with Crippen molar-refractivity contribution in [1.29, 1.82) is 0 Å².